The Hall–Kier alpha value is -2.02. The van der Waals surface area contributed by atoms with Gasteiger partial charge in [-0.3, -0.25) is 14.6 Å². The largest absolute Gasteiger partial charge is 0.387 e. The van der Waals surface area contributed by atoms with E-state index in [0.717, 1.165) is 43.3 Å². The SMILES string of the molecule is Cc1cc(=O)[nH]c([C@@H](C)N2CCN(C[C@H](O)c3ccccc3)CC2)n1. The first-order valence-corrected chi connectivity index (χ1v) is 8.80. The fourth-order valence-corrected chi connectivity index (χ4v) is 3.33. The summed E-state index contributed by atoms with van der Waals surface area (Å²) in [5.41, 5.74) is 1.61. The van der Waals surface area contributed by atoms with E-state index >= 15 is 0 Å². The molecule has 0 unspecified atom stereocenters. The van der Waals surface area contributed by atoms with Crippen LogP contribution in [0.25, 0.3) is 0 Å². The summed E-state index contributed by atoms with van der Waals surface area (Å²) >= 11 is 0. The maximum absolute atomic E-state index is 11.7. The predicted octanol–water partition coefficient (Wildman–Crippen LogP) is 1.49. The number of aromatic amines is 1. The van der Waals surface area contributed by atoms with Crippen molar-refractivity contribution >= 4 is 0 Å². The zero-order valence-corrected chi connectivity index (χ0v) is 14.9. The van der Waals surface area contributed by atoms with Gasteiger partial charge in [0.05, 0.1) is 12.1 Å². The van der Waals surface area contributed by atoms with Crippen molar-refractivity contribution in [3.63, 3.8) is 0 Å². The molecule has 6 heteroatoms. The van der Waals surface area contributed by atoms with Crippen molar-refractivity contribution in [3.05, 3.63) is 63.8 Å². The molecule has 1 aliphatic heterocycles. The zero-order valence-electron chi connectivity index (χ0n) is 14.9. The van der Waals surface area contributed by atoms with Gasteiger partial charge in [0.15, 0.2) is 0 Å². The lowest BCUT2D eigenvalue weighted by molar-refractivity contribution is 0.0573. The fourth-order valence-electron chi connectivity index (χ4n) is 3.33. The topological polar surface area (TPSA) is 72.5 Å². The van der Waals surface area contributed by atoms with Crippen LogP contribution in [0.4, 0.5) is 0 Å². The van der Waals surface area contributed by atoms with Crippen LogP contribution in [0, 0.1) is 6.92 Å². The van der Waals surface area contributed by atoms with Gasteiger partial charge in [-0.2, -0.15) is 0 Å². The normalized spacial score (nSPS) is 18.8. The average Bonchev–Trinajstić information content (AvgIpc) is 2.61. The number of H-pyrrole nitrogens is 1. The molecule has 0 bridgehead atoms. The maximum atomic E-state index is 11.7. The first-order valence-electron chi connectivity index (χ1n) is 8.80. The van der Waals surface area contributed by atoms with Crippen molar-refractivity contribution in [3.8, 4) is 0 Å². The smallest absolute Gasteiger partial charge is 0.251 e. The lowest BCUT2D eigenvalue weighted by Gasteiger charge is -2.38. The molecule has 1 fully saturated rings. The van der Waals surface area contributed by atoms with Gasteiger partial charge in [-0.25, -0.2) is 4.98 Å². The van der Waals surface area contributed by atoms with E-state index in [-0.39, 0.29) is 11.6 Å². The molecular weight excluding hydrogens is 316 g/mol. The highest BCUT2D eigenvalue weighted by Crippen LogP contribution is 2.20. The van der Waals surface area contributed by atoms with Gasteiger partial charge >= 0.3 is 0 Å². The van der Waals surface area contributed by atoms with Gasteiger partial charge < -0.3 is 10.1 Å². The molecule has 3 rings (SSSR count). The minimum Gasteiger partial charge on any atom is -0.387 e. The van der Waals surface area contributed by atoms with Gasteiger partial charge in [-0.1, -0.05) is 30.3 Å². The van der Waals surface area contributed by atoms with Crippen molar-refractivity contribution in [1.29, 1.82) is 0 Å². The van der Waals surface area contributed by atoms with Gasteiger partial charge in [0.2, 0.25) is 0 Å². The number of nitrogens with zero attached hydrogens (tertiary/aromatic N) is 3. The Morgan fingerprint density at radius 3 is 2.52 bits per heavy atom. The van der Waals surface area contributed by atoms with E-state index in [1.165, 1.54) is 6.07 Å². The Kier molecular flexibility index (Phi) is 5.63. The molecule has 1 aromatic heterocycles. The Morgan fingerprint density at radius 1 is 1.20 bits per heavy atom. The molecule has 0 radical (unpaired) electrons. The Labute approximate surface area is 148 Å². The first-order chi connectivity index (χ1) is 12.0. The Bertz CT molecular complexity index is 739. The van der Waals surface area contributed by atoms with E-state index < -0.39 is 6.10 Å². The molecule has 1 saturated heterocycles. The van der Waals surface area contributed by atoms with Crippen LogP contribution < -0.4 is 5.56 Å². The second-order valence-corrected chi connectivity index (χ2v) is 6.71. The lowest BCUT2D eigenvalue weighted by atomic mass is 10.1. The molecule has 0 amide bonds. The number of benzene rings is 1. The van der Waals surface area contributed by atoms with Gasteiger partial charge in [0.1, 0.15) is 5.82 Å². The highest BCUT2D eigenvalue weighted by Gasteiger charge is 2.24. The van der Waals surface area contributed by atoms with Crippen molar-refractivity contribution in [2.24, 2.45) is 0 Å². The van der Waals surface area contributed by atoms with Crippen LogP contribution in [0.1, 0.15) is 36.2 Å². The molecule has 2 heterocycles. The van der Waals surface area contributed by atoms with Crippen molar-refractivity contribution in [2.75, 3.05) is 32.7 Å². The van der Waals surface area contributed by atoms with Crippen LogP contribution in [0.3, 0.4) is 0 Å². The molecule has 1 aromatic carbocycles. The number of aryl methyl sites for hydroxylation is 1. The van der Waals surface area contributed by atoms with Crippen LogP contribution >= 0.6 is 0 Å². The number of β-amino-alcohol motifs (C(OH)–C–C–N with tert-alkyl or cyclic N) is 1. The van der Waals surface area contributed by atoms with E-state index in [4.69, 9.17) is 0 Å². The molecule has 0 spiro atoms. The third kappa shape index (κ3) is 4.54. The van der Waals surface area contributed by atoms with E-state index in [2.05, 4.69) is 26.7 Å². The number of rotatable bonds is 5. The second kappa shape index (κ2) is 7.91. The average molecular weight is 342 g/mol. The summed E-state index contributed by atoms with van der Waals surface area (Å²) < 4.78 is 0. The third-order valence-electron chi connectivity index (χ3n) is 4.85. The number of aliphatic hydroxyl groups excluding tert-OH is 1. The highest BCUT2D eigenvalue weighted by atomic mass is 16.3. The van der Waals surface area contributed by atoms with E-state index in [9.17, 15) is 9.90 Å². The first kappa shape index (κ1) is 17.8. The van der Waals surface area contributed by atoms with E-state index in [1.54, 1.807) is 0 Å². The van der Waals surface area contributed by atoms with Gasteiger partial charge in [0, 0.05) is 44.5 Å². The van der Waals surface area contributed by atoms with Crippen molar-refractivity contribution < 1.29 is 5.11 Å². The number of aliphatic hydroxyl groups is 1. The fraction of sp³-hybridized carbons (Fsp3) is 0.474. The number of nitrogens with one attached hydrogen (secondary N) is 1. The summed E-state index contributed by atoms with van der Waals surface area (Å²) in [6.45, 7) is 8.13. The summed E-state index contributed by atoms with van der Waals surface area (Å²) in [7, 11) is 0. The molecule has 2 atom stereocenters. The molecule has 1 aliphatic rings. The van der Waals surface area contributed by atoms with Crippen LogP contribution in [-0.4, -0.2) is 57.6 Å². The summed E-state index contributed by atoms with van der Waals surface area (Å²) in [6.07, 6.45) is -0.458. The van der Waals surface area contributed by atoms with Gasteiger partial charge in [-0.15, -0.1) is 0 Å². The molecule has 0 aliphatic carbocycles. The molecule has 2 N–H and O–H groups in total. The summed E-state index contributed by atoms with van der Waals surface area (Å²) in [5.74, 6) is 0.725. The van der Waals surface area contributed by atoms with Gasteiger partial charge in [0.25, 0.3) is 5.56 Å². The lowest BCUT2D eigenvalue weighted by Crippen LogP contribution is -2.48. The quantitative estimate of drug-likeness (QED) is 0.861. The molecule has 0 saturated carbocycles. The number of hydrogen-bond acceptors (Lipinski definition) is 5. The van der Waals surface area contributed by atoms with Crippen LogP contribution in [0.15, 0.2) is 41.2 Å². The molecule has 6 nitrogen and oxygen atoms in total. The van der Waals surface area contributed by atoms with Gasteiger partial charge in [-0.05, 0) is 19.4 Å². The highest BCUT2D eigenvalue weighted by molar-refractivity contribution is 5.17. The second-order valence-electron chi connectivity index (χ2n) is 6.71. The zero-order chi connectivity index (χ0) is 17.8. The summed E-state index contributed by atoms with van der Waals surface area (Å²) in [6, 6.07) is 11.4. The summed E-state index contributed by atoms with van der Waals surface area (Å²) in [4.78, 5) is 23.6. The Balaban J connectivity index is 1.55. The number of hydrogen-bond donors (Lipinski definition) is 2. The van der Waals surface area contributed by atoms with Crippen LogP contribution in [0.2, 0.25) is 0 Å². The molecular formula is C19H26N4O2. The van der Waals surface area contributed by atoms with Crippen LogP contribution in [0.5, 0.6) is 0 Å². The minimum atomic E-state index is -0.458. The monoisotopic (exact) mass is 342 g/mol. The predicted molar refractivity (Wildman–Crippen MR) is 97.4 cm³/mol. The third-order valence-corrected chi connectivity index (χ3v) is 4.85. The minimum absolute atomic E-state index is 0.0776. The molecule has 134 valence electrons. The summed E-state index contributed by atoms with van der Waals surface area (Å²) in [5, 5.41) is 10.4. The van der Waals surface area contributed by atoms with Crippen molar-refractivity contribution in [1.82, 2.24) is 19.8 Å². The number of piperazine rings is 1. The molecule has 25 heavy (non-hydrogen) atoms. The van der Waals surface area contributed by atoms with Crippen LogP contribution in [-0.2, 0) is 0 Å². The Morgan fingerprint density at radius 2 is 1.88 bits per heavy atom. The molecule has 2 aromatic rings. The van der Waals surface area contributed by atoms with E-state index in [0.29, 0.717) is 6.54 Å². The maximum Gasteiger partial charge on any atom is 0.251 e. The van der Waals surface area contributed by atoms with Crippen molar-refractivity contribution in [2.45, 2.75) is 26.0 Å². The number of aromatic nitrogens is 2. The van der Waals surface area contributed by atoms with E-state index in [1.807, 2.05) is 37.3 Å². The standard InChI is InChI=1S/C19H26N4O2/c1-14-12-18(25)21-19(20-14)15(2)23-10-8-22(9-11-23)13-17(24)16-6-4-3-5-7-16/h3-7,12,15,17,24H,8-11,13H2,1-2H3,(H,20,21,25)/t15-,17+/m1/s1.